The van der Waals surface area contributed by atoms with E-state index in [2.05, 4.69) is 33.0 Å². The molecule has 2 rings (SSSR count). The number of rotatable bonds is 3. The van der Waals surface area contributed by atoms with Crippen LogP contribution in [0.15, 0.2) is 0 Å². The number of hydrogen-bond acceptors (Lipinski definition) is 2. The van der Waals surface area contributed by atoms with Crippen LogP contribution in [0.2, 0.25) is 0 Å². The number of aliphatic hydroxyl groups is 1. The minimum atomic E-state index is -0.671. The normalized spacial score (nSPS) is 28.5. The van der Waals surface area contributed by atoms with Crippen LogP contribution in [0.3, 0.4) is 0 Å². The lowest BCUT2D eigenvalue weighted by Gasteiger charge is -2.27. The van der Waals surface area contributed by atoms with Crippen molar-refractivity contribution >= 4 is 5.91 Å². The smallest absolute Gasteiger partial charge is 0.224 e. The minimum Gasteiger partial charge on any atom is -0.388 e. The summed E-state index contributed by atoms with van der Waals surface area (Å²) in [6.07, 6.45) is 6.22. The number of hydrogen-bond donors (Lipinski definition) is 2. The standard InChI is InChI=1S/C16H29NO2/c1-14(2)12(15(14,3)4)13(18)17-11-16(19)9-7-5-6-8-10-16/h12,19H,5-11H2,1-4H3,(H,17,18). The van der Waals surface area contributed by atoms with Crippen LogP contribution in [0.1, 0.15) is 66.2 Å². The van der Waals surface area contributed by atoms with Crippen molar-refractivity contribution in [2.24, 2.45) is 16.7 Å². The van der Waals surface area contributed by atoms with E-state index in [1.807, 2.05) is 0 Å². The Labute approximate surface area is 117 Å². The average Bonchev–Trinajstić information content (AvgIpc) is 2.82. The first kappa shape index (κ1) is 14.8. The number of carbonyl (C=O) groups is 1. The van der Waals surface area contributed by atoms with E-state index < -0.39 is 5.60 Å². The van der Waals surface area contributed by atoms with Gasteiger partial charge in [0, 0.05) is 12.5 Å². The first-order valence-corrected chi connectivity index (χ1v) is 7.71. The topological polar surface area (TPSA) is 49.3 Å². The Balaban J connectivity index is 1.87. The highest BCUT2D eigenvalue weighted by Crippen LogP contribution is 2.68. The van der Waals surface area contributed by atoms with Gasteiger partial charge in [-0.1, -0.05) is 53.4 Å². The second-order valence-corrected chi connectivity index (χ2v) is 7.73. The Morgan fingerprint density at radius 2 is 1.53 bits per heavy atom. The number of carbonyl (C=O) groups excluding carboxylic acids is 1. The zero-order valence-electron chi connectivity index (χ0n) is 12.9. The fourth-order valence-corrected chi connectivity index (χ4v) is 3.77. The molecule has 0 radical (unpaired) electrons. The molecule has 2 aliphatic carbocycles. The monoisotopic (exact) mass is 267 g/mol. The molecule has 0 aromatic rings. The van der Waals surface area contributed by atoms with Crippen molar-refractivity contribution in [1.29, 1.82) is 0 Å². The zero-order valence-corrected chi connectivity index (χ0v) is 12.9. The highest BCUT2D eigenvalue weighted by atomic mass is 16.3. The molecule has 110 valence electrons. The second kappa shape index (κ2) is 4.76. The van der Waals surface area contributed by atoms with Crippen molar-refractivity contribution in [3.8, 4) is 0 Å². The van der Waals surface area contributed by atoms with Crippen LogP contribution in [-0.4, -0.2) is 23.2 Å². The maximum Gasteiger partial charge on any atom is 0.224 e. The van der Waals surface area contributed by atoms with E-state index in [1.165, 1.54) is 12.8 Å². The molecule has 0 unspecified atom stereocenters. The maximum absolute atomic E-state index is 12.3. The molecule has 0 bridgehead atoms. The molecular formula is C16H29NO2. The van der Waals surface area contributed by atoms with Crippen LogP contribution >= 0.6 is 0 Å². The zero-order chi connectivity index (χ0) is 14.3. The molecule has 0 spiro atoms. The lowest BCUT2D eigenvalue weighted by Crippen LogP contribution is -2.43. The van der Waals surface area contributed by atoms with Crippen molar-refractivity contribution in [1.82, 2.24) is 5.32 Å². The SMILES string of the molecule is CC1(C)C(C(=O)NCC2(O)CCCCCC2)C1(C)C. The largest absolute Gasteiger partial charge is 0.388 e. The Morgan fingerprint density at radius 3 is 1.95 bits per heavy atom. The Hall–Kier alpha value is -0.570. The van der Waals surface area contributed by atoms with E-state index in [1.54, 1.807) is 0 Å². The summed E-state index contributed by atoms with van der Waals surface area (Å²) in [4.78, 5) is 12.3. The van der Waals surface area contributed by atoms with Crippen LogP contribution in [0.25, 0.3) is 0 Å². The molecule has 19 heavy (non-hydrogen) atoms. The molecular weight excluding hydrogens is 238 g/mol. The molecule has 2 aliphatic rings. The molecule has 3 heteroatoms. The highest BCUT2D eigenvalue weighted by Gasteiger charge is 2.68. The summed E-state index contributed by atoms with van der Waals surface area (Å²) in [7, 11) is 0. The summed E-state index contributed by atoms with van der Waals surface area (Å²) in [6.45, 7) is 9.03. The van der Waals surface area contributed by atoms with E-state index in [0.717, 1.165) is 25.7 Å². The third-order valence-corrected chi connectivity index (χ3v) is 5.91. The van der Waals surface area contributed by atoms with Crippen LogP contribution < -0.4 is 5.32 Å². The van der Waals surface area contributed by atoms with Crippen LogP contribution in [0, 0.1) is 16.7 Å². The third-order valence-electron chi connectivity index (χ3n) is 5.91. The van der Waals surface area contributed by atoms with E-state index in [-0.39, 0.29) is 22.7 Å². The van der Waals surface area contributed by atoms with Gasteiger partial charge in [0.05, 0.1) is 5.60 Å². The average molecular weight is 267 g/mol. The van der Waals surface area contributed by atoms with Gasteiger partial charge in [-0.3, -0.25) is 4.79 Å². The molecule has 0 aromatic carbocycles. The van der Waals surface area contributed by atoms with Gasteiger partial charge in [0.25, 0.3) is 0 Å². The predicted molar refractivity (Wildman–Crippen MR) is 76.7 cm³/mol. The first-order chi connectivity index (χ1) is 8.71. The lowest BCUT2D eigenvalue weighted by atomic mass is 9.94. The Bertz CT molecular complexity index is 338. The van der Waals surface area contributed by atoms with Gasteiger partial charge in [-0.15, -0.1) is 0 Å². The molecule has 1 amide bonds. The molecule has 2 N–H and O–H groups in total. The summed E-state index contributed by atoms with van der Waals surface area (Å²) in [5.74, 6) is 0.196. The lowest BCUT2D eigenvalue weighted by molar-refractivity contribution is -0.124. The number of amides is 1. The summed E-state index contributed by atoms with van der Waals surface area (Å²) in [5.41, 5.74) is -0.526. The molecule has 2 fully saturated rings. The molecule has 0 heterocycles. The van der Waals surface area contributed by atoms with Crippen LogP contribution in [0.4, 0.5) is 0 Å². The summed E-state index contributed by atoms with van der Waals surface area (Å²) in [5, 5.41) is 13.6. The molecule has 2 saturated carbocycles. The fourth-order valence-electron chi connectivity index (χ4n) is 3.77. The van der Waals surface area contributed by atoms with Crippen LogP contribution in [-0.2, 0) is 4.79 Å². The van der Waals surface area contributed by atoms with Gasteiger partial charge in [-0.2, -0.15) is 0 Å². The van der Waals surface area contributed by atoms with Gasteiger partial charge in [0.2, 0.25) is 5.91 Å². The van der Waals surface area contributed by atoms with Crippen LogP contribution in [0.5, 0.6) is 0 Å². The van der Waals surface area contributed by atoms with Crippen molar-refractivity contribution < 1.29 is 9.90 Å². The molecule has 0 saturated heterocycles. The van der Waals surface area contributed by atoms with Gasteiger partial charge in [-0.25, -0.2) is 0 Å². The van der Waals surface area contributed by atoms with Gasteiger partial charge < -0.3 is 10.4 Å². The number of nitrogens with one attached hydrogen (secondary N) is 1. The van der Waals surface area contributed by atoms with E-state index in [9.17, 15) is 9.90 Å². The fraction of sp³-hybridized carbons (Fsp3) is 0.938. The van der Waals surface area contributed by atoms with Crippen molar-refractivity contribution in [2.75, 3.05) is 6.54 Å². The summed E-state index contributed by atoms with van der Waals surface area (Å²) < 4.78 is 0. The second-order valence-electron chi connectivity index (χ2n) is 7.73. The van der Waals surface area contributed by atoms with Gasteiger partial charge in [0.1, 0.15) is 0 Å². The summed E-state index contributed by atoms with van der Waals surface area (Å²) in [6, 6.07) is 0. The van der Waals surface area contributed by atoms with Gasteiger partial charge >= 0.3 is 0 Å². The molecule has 0 atom stereocenters. The molecule has 0 aliphatic heterocycles. The minimum absolute atomic E-state index is 0.0726. The maximum atomic E-state index is 12.3. The molecule has 3 nitrogen and oxygen atoms in total. The highest BCUT2D eigenvalue weighted by molar-refractivity contribution is 5.84. The molecule has 0 aromatic heterocycles. The van der Waals surface area contributed by atoms with E-state index in [4.69, 9.17) is 0 Å². The van der Waals surface area contributed by atoms with Crippen molar-refractivity contribution in [3.63, 3.8) is 0 Å². The van der Waals surface area contributed by atoms with Crippen molar-refractivity contribution in [3.05, 3.63) is 0 Å². The van der Waals surface area contributed by atoms with Crippen molar-refractivity contribution in [2.45, 2.75) is 71.8 Å². The van der Waals surface area contributed by atoms with E-state index >= 15 is 0 Å². The quantitative estimate of drug-likeness (QED) is 0.773. The van der Waals surface area contributed by atoms with Gasteiger partial charge in [-0.05, 0) is 23.7 Å². The summed E-state index contributed by atoms with van der Waals surface area (Å²) >= 11 is 0. The van der Waals surface area contributed by atoms with E-state index in [0.29, 0.717) is 6.54 Å². The Morgan fingerprint density at radius 1 is 1.05 bits per heavy atom. The first-order valence-electron chi connectivity index (χ1n) is 7.71. The Kier molecular flexibility index (Phi) is 3.72. The third kappa shape index (κ3) is 2.67. The van der Waals surface area contributed by atoms with Gasteiger partial charge in [0.15, 0.2) is 0 Å². The predicted octanol–water partition coefficient (Wildman–Crippen LogP) is 2.87.